The number of hydrogen-bond acceptors (Lipinski definition) is 4. The molecule has 0 spiro atoms. The highest BCUT2D eigenvalue weighted by molar-refractivity contribution is 6.00. The maximum Gasteiger partial charge on any atom is 0.287 e. The highest BCUT2D eigenvalue weighted by Gasteiger charge is 2.15. The van der Waals surface area contributed by atoms with Gasteiger partial charge >= 0.3 is 0 Å². The largest absolute Gasteiger partial charge is 0.497 e. The third-order valence-corrected chi connectivity index (χ3v) is 4.35. The van der Waals surface area contributed by atoms with E-state index in [2.05, 4.69) is 26.0 Å². The molecule has 146 valence electrons. The quantitative estimate of drug-likeness (QED) is 0.400. The number of benzene rings is 2. The summed E-state index contributed by atoms with van der Waals surface area (Å²) in [5.74, 6) is -0.913. The predicted molar refractivity (Wildman–Crippen MR) is 104 cm³/mol. The number of halogens is 1. The van der Waals surface area contributed by atoms with Crippen molar-refractivity contribution in [3.63, 3.8) is 0 Å². The lowest BCUT2D eigenvalue weighted by atomic mass is 10.1. The van der Waals surface area contributed by atoms with Crippen molar-refractivity contribution in [2.24, 2.45) is 0 Å². The first kappa shape index (κ1) is 18.2. The summed E-state index contributed by atoms with van der Waals surface area (Å²) in [6.07, 6.45) is 0. The van der Waals surface area contributed by atoms with Gasteiger partial charge in [-0.2, -0.15) is 5.10 Å². The number of H-pyrrole nitrogens is 2. The number of hydrazine groups is 1. The topological polar surface area (TPSA) is 112 Å². The van der Waals surface area contributed by atoms with E-state index >= 15 is 0 Å². The number of hydrogen-bond donors (Lipinski definition) is 4. The van der Waals surface area contributed by atoms with Crippen molar-refractivity contribution in [2.75, 3.05) is 7.11 Å². The molecule has 4 aromatic rings. The maximum atomic E-state index is 13.7. The molecule has 29 heavy (non-hydrogen) atoms. The number of nitrogens with one attached hydrogen (secondary N) is 4. The van der Waals surface area contributed by atoms with Crippen molar-refractivity contribution >= 4 is 22.7 Å². The minimum Gasteiger partial charge on any atom is -0.497 e. The number of carbonyl (C=O) groups excluding carboxylic acids is 2. The van der Waals surface area contributed by atoms with E-state index in [1.54, 1.807) is 31.4 Å². The van der Waals surface area contributed by atoms with E-state index in [0.717, 1.165) is 5.56 Å². The average Bonchev–Trinajstić information content (AvgIpc) is 3.40. The zero-order valence-corrected chi connectivity index (χ0v) is 15.2. The zero-order valence-electron chi connectivity index (χ0n) is 15.2. The molecule has 2 aromatic carbocycles. The molecular weight excluding hydrogens is 377 g/mol. The molecule has 0 saturated carbocycles. The fourth-order valence-electron chi connectivity index (χ4n) is 2.84. The number of amides is 2. The summed E-state index contributed by atoms with van der Waals surface area (Å²) >= 11 is 0. The summed E-state index contributed by atoms with van der Waals surface area (Å²) in [5.41, 5.74) is 6.71. The van der Waals surface area contributed by atoms with Crippen molar-refractivity contribution in [1.29, 1.82) is 0 Å². The molecule has 0 aliphatic rings. The molecule has 0 radical (unpaired) electrons. The maximum absolute atomic E-state index is 13.7. The summed E-state index contributed by atoms with van der Waals surface area (Å²) in [7, 11) is 1.58. The van der Waals surface area contributed by atoms with Crippen LogP contribution in [0.15, 0.2) is 54.6 Å². The Hall–Kier alpha value is -4.14. The Bertz CT molecular complexity index is 1200. The Morgan fingerprint density at radius 2 is 1.72 bits per heavy atom. The van der Waals surface area contributed by atoms with Gasteiger partial charge in [0.2, 0.25) is 0 Å². The molecule has 0 unspecified atom stereocenters. The van der Waals surface area contributed by atoms with Gasteiger partial charge in [0.15, 0.2) is 0 Å². The molecule has 0 fully saturated rings. The summed E-state index contributed by atoms with van der Waals surface area (Å²) in [4.78, 5) is 27.3. The molecule has 4 N–H and O–H groups in total. The van der Waals surface area contributed by atoms with Gasteiger partial charge in [-0.05, 0) is 48.5 Å². The van der Waals surface area contributed by atoms with Crippen molar-refractivity contribution in [3.8, 4) is 17.0 Å². The van der Waals surface area contributed by atoms with Crippen LogP contribution < -0.4 is 15.6 Å². The van der Waals surface area contributed by atoms with E-state index in [1.165, 1.54) is 18.2 Å². The standard InChI is InChI=1S/C20H16FN5O3/c1-29-12-7-5-11(6-8-12)16-10-18(24-23-16)20(28)26-25-19(27)17-9-13-14(21)3-2-4-15(13)22-17/h2-10,22H,1H3,(H,23,24)(H,25,27)(H,26,28). The Morgan fingerprint density at radius 1 is 1.00 bits per heavy atom. The molecule has 2 amide bonds. The van der Waals surface area contributed by atoms with E-state index in [4.69, 9.17) is 4.74 Å². The van der Waals surface area contributed by atoms with Crippen LogP contribution >= 0.6 is 0 Å². The van der Waals surface area contributed by atoms with Crippen molar-refractivity contribution < 1.29 is 18.7 Å². The lowest BCUT2D eigenvalue weighted by Gasteiger charge is -2.04. The van der Waals surface area contributed by atoms with Crippen LogP contribution in [-0.2, 0) is 0 Å². The molecule has 4 rings (SSSR count). The van der Waals surface area contributed by atoms with Gasteiger partial charge in [-0.25, -0.2) is 4.39 Å². The molecule has 8 nitrogen and oxygen atoms in total. The molecule has 0 bridgehead atoms. The van der Waals surface area contributed by atoms with Crippen LogP contribution in [-0.4, -0.2) is 34.1 Å². The second kappa shape index (κ2) is 7.47. The molecule has 2 aromatic heterocycles. The number of nitrogens with zero attached hydrogens (tertiary/aromatic N) is 1. The number of methoxy groups -OCH3 is 1. The van der Waals surface area contributed by atoms with Gasteiger partial charge in [-0.1, -0.05) is 6.07 Å². The van der Waals surface area contributed by atoms with Crippen LogP contribution in [0, 0.1) is 5.82 Å². The van der Waals surface area contributed by atoms with E-state index in [0.29, 0.717) is 22.3 Å². The monoisotopic (exact) mass is 393 g/mol. The van der Waals surface area contributed by atoms with Crippen LogP contribution in [0.2, 0.25) is 0 Å². The highest BCUT2D eigenvalue weighted by atomic mass is 19.1. The number of ether oxygens (including phenoxy) is 1. The van der Waals surface area contributed by atoms with Crippen LogP contribution in [0.4, 0.5) is 4.39 Å². The minimum absolute atomic E-state index is 0.119. The van der Waals surface area contributed by atoms with Crippen LogP contribution in [0.3, 0.4) is 0 Å². The molecule has 2 heterocycles. The van der Waals surface area contributed by atoms with E-state index in [-0.39, 0.29) is 11.4 Å². The predicted octanol–water partition coefficient (Wildman–Crippen LogP) is 2.78. The Labute approximate surface area is 164 Å². The Morgan fingerprint density at radius 3 is 2.41 bits per heavy atom. The van der Waals surface area contributed by atoms with Gasteiger partial charge in [-0.3, -0.25) is 25.5 Å². The van der Waals surface area contributed by atoms with Gasteiger partial charge in [0, 0.05) is 16.5 Å². The number of fused-ring (bicyclic) bond motifs is 1. The summed E-state index contributed by atoms with van der Waals surface area (Å²) < 4.78 is 18.9. The zero-order chi connectivity index (χ0) is 20.4. The smallest absolute Gasteiger partial charge is 0.287 e. The van der Waals surface area contributed by atoms with Crippen molar-refractivity contribution in [2.45, 2.75) is 0 Å². The van der Waals surface area contributed by atoms with Gasteiger partial charge in [0.05, 0.1) is 12.8 Å². The van der Waals surface area contributed by atoms with Crippen LogP contribution in [0.25, 0.3) is 22.2 Å². The van der Waals surface area contributed by atoms with Crippen LogP contribution in [0.5, 0.6) is 5.75 Å². The summed E-state index contributed by atoms with van der Waals surface area (Å²) in [6, 6.07) is 14.6. The first-order valence-corrected chi connectivity index (χ1v) is 8.63. The first-order chi connectivity index (χ1) is 14.0. The van der Waals surface area contributed by atoms with Gasteiger partial charge in [0.25, 0.3) is 11.8 Å². The fraction of sp³-hybridized carbons (Fsp3) is 0.0500. The first-order valence-electron chi connectivity index (χ1n) is 8.63. The average molecular weight is 393 g/mol. The number of aromatic nitrogens is 3. The summed E-state index contributed by atoms with van der Waals surface area (Å²) in [6.45, 7) is 0. The molecule has 9 heteroatoms. The van der Waals surface area contributed by atoms with Gasteiger partial charge in [-0.15, -0.1) is 0 Å². The lowest BCUT2D eigenvalue weighted by Crippen LogP contribution is -2.41. The van der Waals surface area contributed by atoms with Crippen molar-refractivity contribution in [3.05, 3.63) is 71.8 Å². The third kappa shape index (κ3) is 3.65. The number of aromatic amines is 2. The second-order valence-electron chi connectivity index (χ2n) is 6.19. The normalized spacial score (nSPS) is 10.7. The van der Waals surface area contributed by atoms with E-state index in [1.807, 2.05) is 12.1 Å². The third-order valence-electron chi connectivity index (χ3n) is 4.35. The van der Waals surface area contributed by atoms with Gasteiger partial charge in [0.1, 0.15) is 23.0 Å². The fourth-order valence-corrected chi connectivity index (χ4v) is 2.84. The van der Waals surface area contributed by atoms with Gasteiger partial charge < -0.3 is 9.72 Å². The van der Waals surface area contributed by atoms with Crippen LogP contribution in [0.1, 0.15) is 21.0 Å². The summed E-state index contributed by atoms with van der Waals surface area (Å²) in [5, 5.41) is 7.02. The Balaban J connectivity index is 1.42. The molecule has 0 aliphatic carbocycles. The lowest BCUT2D eigenvalue weighted by molar-refractivity contribution is 0.0841. The molecular formula is C20H16FN5O3. The van der Waals surface area contributed by atoms with E-state index < -0.39 is 17.6 Å². The number of rotatable bonds is 4. The Kier molecular flexibility index (Phi) is 4.70. The molecule has 0 aliphatic heterocycles. The minimum atomic E-state index is -0.608. The molecule has 0 atom stereocenters. The highest BCUT2D eigenvalue weighted by Crippen LogP contribution is 2.21. The van der Waals surface area contributed by atoms with Crippen molar-refractivity contribution in [1.82, 2.24) is 26.0 Å². The second-order valence-corrected chi connectivity index (χ2v) is 6.19. The number of carbonyl (C=O) groups is 2. The molecule has 0 saturated heterocycles. The SMILES string of the molecule is COc1ccc(-c2cc(C(=O)NNC(=O)c3cc4c(F)cccc4[nH]3)[nH]n2)cc1. The van der Waals surface area contributed by atoms with E-state index in [9.17, 15) is 14.0 Å².